The third kappa shape index (κ3) is 3.54. The van der Waals surface area contributed by atoms with Crippen molar-refractivity contribution in [2.24, 2.45) is 0 Å². The Bertz CT molecular complexity index is 599. The van der Waals surface area contributed by atoms with Gasteiger partial charge in [-0.05, 0) is 36.2 Å². The van der Waals surface area contributed by atoms with E-state index in [1.54, 1.807) is 12.1 Å². The van der Waals surface area contributed by atoms with E-state index in [2.05, 4.69) is 5.32 Å². The molecule has 0 bridgehead atoms. The number of hydrogen-bond acceptors (Lipinski definition) is 3. The van der Waals surface area contributed by atoms with Crippen molar-refractivity contribution in [3.05, 3.63) is 75.6 Å². The highest BCUT2D eigenvalue weighted by Gasteiger charge is 2.18. The maximum absolute atomic E-state index is 12.9. The average molecular weight is 274 g/mol. The van der Waals surface area contributed by atoms with E-state index in [1.807, 2.05) is 31.2 Å². The van der Waals surface area contributed by atoms with E-state index in [9.17, 15) is 14.5 Å². The molecule has 0 amide bonds. The van der Waals surface area contributed by atoms with Gasteiger partial charge in [0.1, 0.15) is 11.9 Å². The van der Waals surface area contributed by atoms with E-state index in [-0.39, 0.29) is 17.3 Å². The molecule has 2 aromatic carbocycles. The molecule has 0 fully saturated rings. The molecule has 5 heteroatoms. The Morgan fingerprint density at radius 1 is 1.20 bits per heavy atom. The van der Waals surface area contributed by atoms with Crippen LogP contribution in [-0.2, 0) is 0 Å². The van der Waals surface area contributed by atoms with E-state index < -0.39 is 6.04 Å². The van der Waals surface area contributed by atoms with Crippen molar-refractivity contribution in [2.45, 2.75) is 13.0 Å². The van der Waals surface area contributed by atoms with E-state index in [0.717, 1.165) is 11.3 Å². The van der Waals surface area contributed by atoms with Crippen molar-refractivity contribution in [1.82, 2.24) is 0 Å². The third-order valence-electron chi connectivity index (χ3n) is 3.08. The highest BCUT2D eigenvalue weighted by Crippen LogP contribution is 2.22. The summed E-state index contributed by atoms with van der Waals surface area (Å²) in [6.07, 6.45) is 0. The monoisotopic (exact) mass is 274 g/mol. The lowest BCUT2D eigenvalue weighted by atomic mass is 10.1. The molecule has 2 rings (SSSR count). The van der Waals surface area contributed by atoms with Crippen LogP contribution in [0, 0.1) is 22.9 Å². The van der Waals surface area contributed by atoms with Gasteiger partial charge < -0.3 is 5.32 Å². The quantitative estimate of drug-likeness (QED) is 0.670. The summed E-state index contributed by atoms with van der Waals surface area (Å²) in [6.45, 7) is 1.66. The first-order chi connectivity index (χ1) is 9.56. The van der Waals surface area contributed by atoms with Crippen molar-refractivity contribution in [3.8, 4) is 0 Å². The van der Waals surface area contributed by atoms with E-state index in [0.29, 0.717) is 5.56 Å². The Kier molecular flexibility index (Phi) is 4.30. The van der Waals surface area contributed by atoms with Crippen molar-refractivity contribution < 1.29 is 9.31 Å². The minimum atomic E-state index is -0.494. The maximum atomic E-state index is 12.9. The lowest BCUT2D eigenvalue weighted by Gasteiger charge is -2.18. The zero-order valence-electron chi connectivity index (χ0n) is 11.0. The summed E-state index contributed by atoms with van der Waals surface area (Å²) in [5, 5.41) is 14.0. The van der Waals surface area contributed by atoms with E-state index in [1.165, 1.54) is 12.1 Å². The number of anilines is 1. The van der Waals surface area contributed by atoms with Crippen LogP contribution in [-0.4, -0.2) is 11.5 Å². The number of nitro groups is 1. The molecule has 1 atom stereocenters. The van der Waals surface area contributed by atoms with Crippen LogP contribution in [0.2, 0.25) is 0 Å². The van der Waals surface area contributed by atoms with Crippen LogP contribution in [0.25, 0.3) is 0 Å². The van der Waals surface area contributed by atoms with Gasteiger partial charge in [-0.15, -0.1) is 0 Å². The lowest BCUT2D eigenvalue weighted by molar-refractivity contribution is -0.482. The number of rotatable bonds is 5. The fourth-order valence-corrected chi connectivity index (χ4v) is 2.00. The molecule has 2 aromatic rings. The van der Waals surface area contributed by atoms with Crippen molar-refractivity contribution in [3.63, 3.8) is 0 Å². The summed E-state index contributed by atoms with van der Waals surface area (Å²) in [6, 6.07) is 12.8. The molecule has 4 nitrogen and oxygen atoms in total. The molecule has 0 spiro atoms. The number of para-hydroxylation sites is 1. The number of nitrogens with zero attached hydrogens (tertiary/aromatic N) is 1. The van der Waals surface area contributed by atoms with Gasteiger partial charge in [0.15, 0.2) is 0 Å². The van der Waals surface area contributed by atoms with Crippen LogP contribution >= 0.6 is 0 Å². The zero-order chi connectivity index (χ0) is 14.5. The normalized spacial score (nSPS) is 11.9. The average Bonchev–Trinajstić information content (AvgIpc) is 2.41. The largest absolute Gasteiger partial charge is 0.372 e. The summed E-state index contributed by atoms with van der Waals surface area (Å²) < 4.78 is 12.9. The van der Waals surface area contributed by atoms with Gasteiger partial charge >= 0.3 is 0 Å². The molecule has 1 N–H and O–H groups in total. The fourth-order valence-electron chi connectivity index (χ4n) is 2.00. The molecule has 0 saturated carbocycles. The SMILES string of the molecule is Cc1ccccc1NC(C[N+](=O)[O-])c1ccc(F)cc1. The Balaban J connectivity index is 2.26. The summed E-state index contributed by atoms with van der Waals surface area (Å²) in [5.74, 6) is -0.357. The zero-order valence-corrected chi connectivity index (χ0v) is 11.0. The van der Waals surface area contributed by atoms with E-state index in [4.69, 9.17) is 0 Å². The van der Waals surface area contributed by atoms with Crippen molar-refractivity contribution in [1.29, 1.82) is 0 Å². The number of aryl methyl sites for hydroxylation is 1. The molecule has 104 valence electrons. The van der Waals surface area contributed by atoms with Crippen LogP contribution in [0.1, 0.15) is 17.2 Å². The third-order valence-corrected chi connectivity index (χ3v) is 3.08. The van der Waals surface area contributed by atoms with Crippen LogP contribution < -0.4 is 5.32 Å². The highest BCUT2D eigenvalue weighted by molar-refractivity contribution is 5.52. The fraction of sp³-hybridized carbons (Fsp3) is 0.200. The molecule has 1 unspecified atom stereocenters. The summed E-state index contributed by atoms with van der Waals surface area (Å²) in [4.78, 5) is 10.4. The van der Waals surface area contributed by atoms with Gasteiger partial charge in [-0.2, -0.15) is 0 Å². The number of halogens is 1. The van der Waals surface area contributed by atoms with Crippen molar-refractivity contribution in [2.75, 3.05) is 11.9 Å². The van der Waals surface area contributed by atoms with Gasteiger partial charge in [-0.3, -0.25) is 10.1 Å². The second-order valence-corrected chi connectivity index (χ2v) is 4.58. The summed E-state index contributed by atoms with van der Waals surface area (Å²) in [7, 11) is 0. The standard InChI is InChI=1S/C15H15FN2O2/c1-11-4-2-3-5-14(11)17-15(10-18(19)20)12-6-8-13(16)9-7-12/h2-9,15,17H,10H2,1H3. The molecule has 0 aliphatic heterocycles. The molecular formula is C15H15FN2O2. The van der Waals surface area contributed by atoms with Crippen LogP contribution in [0.15, 0.2) is 48.5 Å². The second-order valence-electron chi connectivity index (χ2n) is 4.58. The summed E-state index contributed by atoms with van der Waals surface area (Å²) in [5.41, 5.74) is 2.53. The first-order valence-corrected chi connectivity index (χ1v) is 6.25. The Morgan fingerprint density at radius 2 is 1.85 bits per heavy atom. The minimum absolute atomic E-state index is 0.264. The van der Waals surface area contributed by atoms with Gasteiger partial charge in [-0.1, -0.05) is 30.3 Å². The minimum Gasteiger partial charge on any atom is -0.372 e. The molecule has 20 heavy (non-hydrogen) atoms. The number of nitrogens with one attached hydrogen (secondary N) is 1. The molecule has 0 radical (unpaired) electrons. The maximum Gasteiger partial charge on any atom is 0.227 e. The molecule has 0 aliphatic carbocycles. The van der Waals surface area contributed by atoms with E-state index >= 15 is 0 Å². The molecule has 0 saturated heterocycles. The lowest BCUT2D eigenvalue weighted by Crippen LogP contribution is -2.20. The predicted molar refractivity (Wildman–Crippen MR) is 75.8 cm³/mol. The van der Waals surface area contributed by atoms with Crippen LogP contribution in [0.5, 0.6) is 0 Å². The smallest absolute Gasteiger partial charge is 0.227 e. The predicted octanol–water partition coefficient (Wildman–Crippen LogP) is 3.56. The van der Waals surface area contributed by atoms with Crippen LogP contribution in [0.4, 0.5) is 10.1 Å². The molecule has 0 heterocycles. The molecule has 0 aromatic heterocycles. The Morgan fingerprint density at radius 3 is 2.45 bits per heavy atom. The number of benzene rings is 2. The second kappa shape index (κ2) is 6.14. The van der Waals surface area contributed by atoms with Crippen molar-refractivity contribution >= 4 is 5.69 Å². The van der Waals surface area contributed by atoms with Crippen LogP contribution in [0.3, 0.4) is 0 Å². The number of hydrogen-bond donors (Lipinski definition) is 1. The highest BCUT2D eigenvalue weighted by atomic mass is 19.1. The van der Waals surface area contributed by atoms with Gasteiger partial charge in [0.05, 0.1) is 0 Å². The Labute approximate surface area is 116 Å². The summed E-state index contributed by atoms with van der Waals surface area (Å²) >= 11 is 0. The van der Waals surface area contributed by atoms with Gasteiger partial charge in [0, 0.05) is 10.6 Å². The molecular weight excluding hydrogens is 259 g/mol. The topological polar surface area (TPSA) is 55.2 Å². The first-order valence-electron chi connectivity index (χ1n) is 6.25. The molecule has 0 aliphatic rings. The Hall–Kier alpha value is -2.43. The van der Waals surface area contributed by atoms with Gasteiger partial charge in [-0.25, -0.2) is 4.39 Å². The van der Waals surface area contributed by atoms with Gasteiger partial charge in [0.25, 0.3) is 0 Å². The first kappa shape index (κ1) is 14.0. The van der Waals surface area contributed by atoms with Gasteiger partial charge in [0.2, 0.25) is 6.54 Å².